The van der Waals surface area contributed by atoms with E-state index in [1.807, 2.05) is 18.2 Å². The van der Waals surface area contributed by atoms with Gasteiger partial charge in [0.1, 0.15) is 13.1 Å². The van der Waals surface area contributed by atoms with Crippen LogP contribution in [0, 0.1) is 0 Å². The molecule has 1 heterocycles. The number of morpholine rings is 1. The second-order valence-corrected chi connectivity index (χ2v) is 4.98. The first-order valence-electron chi connectivity index (χ1n) is 4.50. The average molecular weight is 349 g/mol. The lowest BCUT2D eigenvalue weighted by atomic mass is 10.2. The van der Waals surface area contributed by atoms with E-state index < -0.39 is 11.9 Å². The Bertz CT molecular complexity index is 425. The van der Waals surface area contributed by atoms with E-state index in [9.17, 15) is 9.59 Å². The minimum atomic E-state index is -0.529. The van der Waals surface area contributed by atoms with Crippen molar-refractivity contribution >= 4 is 49.5 Å². The smallest absolute Gasteiger partial charge is 0.333 e. The number of nitrogens with zero attached hydrogens (tertiary/aromatic N) is 1. The normalized spacial score (nSPS) is 16.2. The first-order valence-corrected chi connectivity index (χ1v) is 6.09. The number of ether oxygens (including phenoxy) is 1. The molecule has 0 amide bonds. The fraction of sp³-hybridized carbons (Fsp3) is 0.200. The number of para-hydroxylation sites is 1. The molecule has 1 aromatic rings. The van der Waals surface area contributed by atoms with Gasteiger partial charge in [-0.3, -0.25) is 0 Å². The van der Waals surface area contributed by atoms with E-state index in [2.05, 4.69) is 36.6 Å². The molecule has 1 saturated heterocycles. The first-order chi connectivity index (χ1) is 7.58. The SMILES string of the molecule is O=C1CN(c2c(Br)cccc2Br)CC(=O)O1. The Morgan fingerprint density at radius 3 is 2.06 bits per heavy atom. The zero-order chi connectivity index (χ0) is 11.7. The summed E-state index contributed by atoms with van der Waals surface area (Å²) in [4.78, 5) is 24.0. The van der Waals surface area contributed by atoms with Crippen molar-refractivity contribution in [2.75, 3.05) is 18.0 Å². The van der Waals surface area contributed by atoms with Crippen LogP contribution in [-0.2, 0) is 14.3 Å². The first kappa shape index (κ1) is 11.6. The zero-order valence-corrected chi connectivity index (χ0v) is 11.2. The molecule has 2 rings (SSSR count). The lowest BCUT2D eigenvalue weighted by Crippen LogP contribution is -2.43. The molecule has 16 heavy (non-hydrogen) atoms. The van der Waals surface area contributed by atoms with Gasteiger partial charge in [0.2, 0.25) is 0 Å². The molecule has 0 spiro atoms. The van der Waals surface area contributed by atoms with Crippen molar-refractivity contribution in [3.05, 3.63) is 27.1 Å². The van der Waals surface area contributed by atoms with Gasteiger partial charge in [0, 0.05) is 8.95 Å². The van der Waals surface area contributed by atoms with Gasteiger partial charge in [0.05, 0.1) is 5.69 Å². The summed E-state index contributed by atoms with van der Waals surface area (Å²) in [6.07, 6.45) is 0. The molecule has 84 valence electrons. The van der Waals surface area contributed by atoms with Crippen LogP contribution in [0.5, 0.6) is 0 Å². The van der Waals surface area contributed by atoms with Crippen LogP contribution in [-0.4, -0.2) is 25.0 Å². The molecule has 1 aromatic carbocycles. The highest BCUT2D eigenvalue weighted by atomic mass is 79.9. The van der Waals surface area contributed by atoms with Crippen molar-refractivity contribution in [2.45, 2.75) is 0 Å². The summed E-state index contributed by atoms with van der Waals surface area (Å²) in [6, 6.07) is 5.57. The van der Waals surface area contributed by atoms with Crippen molar-refractivity contribution in [2.24, 2.45) is 0 Å². The van der Waals surface area contributed by atoms with E-state index >= 15 is 0 Å². The lowest BCUT2D eigenvalue weighted by Gasteiger charge is -2.28. The van der Waals surface area contributed by atoms with Gasteiger partial charge in [-0.05, 0) is 44.0 Å². The number of halogens is 2. The molecule has 4 nitrogen and oxygen atoms in total. The van der Waals surface area contributed by atoms with Crippen LogP contribution < -0.4 is 4.90 Å². The minimum Gasteiger partial charge on any atom is -0.390 e. The maximum atomic E-state index is 11.2. The predicted molar refractivity (Wildman–Crippen MR) is 65.2 cm³/mol. The maximum absolute atomic E-state index is 11.2. The number of cyclic esters (lactones) is 2. The van der Waals surface area contributed by atoms with Gasteiger partial charge >= 0.3 is 11.9 Å². The van der Waals surface area contributed by atoms with Gasteiger partial charge in [-0.1, -0.05) is 6.07 Å². The van der Waals surface area contributed by atoms with Crippen molar-refractivity contribution in [3.8, 4) is 0 Å². The van der Waals surface area contributed by atoms with E-state index in [-0.39, 0.29) is 13.1 Å². The molecular weight excluding hydrogens is 342 g/mol. The number of rotatable bonds is 1. The highest BCUT2D eigenvalue weighted by molar-refractivity contribution is 9.11. The maximum Gasteiger partial charge on any atom is 0.333 e. The van der Waals surface area contributed by atoms with Crippen LogP contribution in [0.1, 0.15) is 0 Å². The van der Waals surface area contributed by atoms with Crippen LogP contribution in [0.25, 0.3) is 0 Å². The summed E-state index contributed by atoms with van der Waals surface area (Å²) >= 11 is 6.77. The number of anilines is 1. The summed E-state index contributed by atoms with van der Waals surface area (Å²) in [5.74, 6) is -1.06. The van der Waals surface area contributed by atoms with E-state index in [1.165, 1.54) is 0 Å². The second-order valence-electron chi connectivity index (χ2n) is 3.27. The third-order valence-corrected chi connectivity index (χ3v) is 3.40. The Balaban J connectivity index is 2.36. The van der Waals surface area contributed by atoms with Crippen molar-refractivity contribution in [1.82, 2.24) is 0 Å². The van der Waals surface area contributed by atoms with Crippen molar-refractivity contribution < 1.29 is 14.3 Å². The second kappa shape index (κ2) is 4.55. The number of benzene rings is 1. The molecule has 0 bridgehead atoms. The number of hydrogen-bond donors (Lipinski definition) is 0. The molecule has 0 N–H and O–H groups in total. The molecule has 6 heteroatoms. The summed E-state index contributed by atoms with van der Waals surface area (Å²) in [5, 5.41) is 0. The molecule has 1 aliphatic heterocycles. The van der Waals surface area contributed by atoms with Gasteiger partial charge in [-0.2, -0.15) is 0 Å². The Labute approximate surface area is 109 Å². The fourth-order valence-electron chi connectivity index (χ4n) is 1.51. The van der Waals surface area contributed by atoms with E-state index in [4.69, 9.17) is 0 Å². The van der Waals surface area contributed by atoms with Crippen LogP contribution in [0.3, 0.4) is 0 Å². The Morgan fingerprint density at radius 2 is 1.56 bits per heavy atom. The molecule has 0 unspecified atom stereocenters. The third kappa shape index (κ3) is 2.27. The summed E-state index contributed by atoms with van der Waals surface area (Å²) in [7, 11) is 0. The van der Waals surface area contributed by atoms with Gasteiger partial charge in [0.15, 0.2) is 0 Å². The van der Waals surface area contributed by atoms with Crippen molar-refractivity contribution in [1.29, 1.82) is 0 Å². The Kier molecular flexibility index (Phi) is 3.30. The highest BCUT2D eigenvalue weighted by Gasteiger charge is 2.27. The lowest BCUT2D eigenvalue weighted by molar-refractivity contribution is -0.160. The zero-order valence-electron chi connectivity index (χ0n) is 8.07. The van der Waals surface area contributed by atoms with Crippen LogP contribution in [0.2, 0.25) is 0 Å². The molecule has 0 saturated carbocycles. The molecule has 0 atom stereocenters. The standard InChI is InChI=1S/C10H7Br2NO3/c11-6-2-1-3-7(12)10(6)13-4-8(14)16-9(15)5-13/h1-3H,4-5H2. The molecule has 0 aromatic heterocycles. The fourth-order valence-corrected chi connectivity index (χ4v) is 3.01. The van der Waals surface area contributed by atoms with E-state index in [0.717, 1.165) is 14.6 Å². The minimum absolute atomic E-state index is 0.0763. The molecule has 1 fully saturated rings. The third-order valence-electron chi connectivity index (χ3n) is 2.12. The molecule has 0 aliphatic carbocycles. The van der Waals surface area contributed by atoms with Crippen LogP contribution >= 0.6 is 31.9 Å². The Hall–Kier alpha value is -0.880. The van der Waals surface area contributed by atoms with Gasteiger partial charge in [-0.15, -0.1) is 0 Å². The van der Waals surface area contributed by atoms with Crippen molar-refractivity contribution in [3.63, 3.8) is 0 Å². The monoisotopic (exact) mass is 347 g/mol. The highest BCUT2D eigenvalue weighted by Crippen LogP contribution is 2.34. The molecule has 0 radical (unpaired) electrons. The van der Waals surface area contributed by atoms with Gasteiger partial charge in [0.25, 0.3) is 0 Å². The van der Waals surface area contributed by atoms with E-state index in [0.29, 0.717) is 0 Å². The van der Waals surface area contributed by atoms with Crippen LogP contribution in [0.4, 0.5) is 5.69 Å². The van der Waals surface area contributed by atoms with Gasteiger partial charge in [-0.25, -0.2) is 9.59 Å². The quantitative estimate of drug-likeness (QED) is 0.576. The largest absolute Gasteiger partial charge is 0.390 e. The predicted octanol–water partition coefficient (Wildman–Crippen LogP) is 2.10. The summed E-state index contributed by atoms with van der Waals surface area (Å²) in [5.41, 5.74) is 0.785. The summed E-state index contributed by atoms with van der Waals surface area (Å²) in [6.45, 7) is 0.153. The van der Waals surface area contributed by atoms with E-state index in [1.54, 1.807) is 4.90 Å². The molecule has 1 aliphatic rings. The summed E-state index contributed by atoms with van der Waals surface area (Å²) < 4.78 is 6.11. The number of esters is 2. The van der Waals surface area contributed by atoms with Crippen LogP contribution in [0.15, 0.2) is 27.1 Å². The van der Waals surface area contributed by atoms with Gasteiger partial charge < -0.3 is 9.64 Å². The number of hydrogen-bond acceptors (Lipinski definition) is 4. The number of carbonyl (C=O) groups is 2. The topological polar surface area (TPSA) is 46.6 Å². The molecular formula is C10H7Br2NO3. The number of carbonyl (C=O) groups excluding carboxylic acids is 2. The average Bonchev–Trinajstić information content (AvgIpc) is 2.15. The Morgan fingerprint density at radius 1 is 1.06 bits per heavy atom.